The molecule has 1 aromatic heterocycles. The second-order valence-electron chi connectivity index (χ2n) is 11.3. The molecule has 4 heterocycles. The number of amides is 2. The van der Waals surface area contributed by atoms with E-state index in [1.54, 1.807) is 0 Å². The van der Waals surface area contributed by atoms with E-state index in [9.17, 15) is 9.59 Å². The largest absolute Gasteiger partial charge is 0.342 e. The van der Waals surface area contributed by atoms with Crippen LogP contribution < -0.4 is 5.43 Å². The third-order valence-corrected chi connectivity index (χ3v) is 9.16. The highest BCUT2D eigenvalue weighted by Gasteiger charge is 2.45. The first-order valence-corrected chi connectivity index (χ1v) is 13.4. The van der Waals surface area contributed by atoms with Gasteiger partial charge in [-0.1, -0.05) is 11.3 Å². The first-order chi connectivity index (χ1) is 17.1. The van der Waals surface area contributed by atoms with Crippen molar-refractivity contribution in [3.63, 3.8) is 0 Å². The number of carbonyl (C=O) groups is 2. The highest BCUT2D eigenvalue weighted by molar-refractivity contribution is 5.88. The first-order valence-electron chi connectivity index (χ1n) is 13.4. The van der Waals surface area contributed by atoms with Gasteiger partial charge in [0.15, 0.2) is 0 Å². The summed E-state index contributed by atoms with van der Waals surface area (Å²) < 4.78 is 0. The molecule has 2 saturated carbocycles. The summed E-state index contributed by atoms with van der Waals surface area (Å²) in [6.07, 6.45) is 15.1. The highest BCUT2D eigenvalue weighted by Crippen LogP contribution is 2.37. The smallest absolute Gasteiger partial charge is 0.246 e. The normalized spacial score (nSPS) is 36.3. The molecule has 1 aromatic rings. The second-order valence-corrected chi connectivity index (χ2v) is 11.3. The maximum Gasteiger partial charge on any atom is 0.246 e. The number of rotatable bonds is 4. The molecule has 1 N–H and O–H groups in total. The minimum Gasteiger partial charge on any atom is -0.342 e. The van der Waals surface area contributed by atoms with Gasteiger partial charge in [0.25, 0.3) is 0 Å². The average Bonchev–Trinajstić information content (AvgIpc) is 3.62. The Morgan fingerprint density at radius 3 is 2.37 bits per heavy atom. The van der Waals surface area contributed by atoms with E-state index in [2.05, 4.69) is 43.9 Å². The lowest BCUT2D eigenvalue weighted by molar-refractivity contribution is -0.136. The molecule has 2 saturated heterocycles. The van der Waals surface area contributed by atoms with Crippen molar-refractivity contribution in [1.29, 1.82) is 0 Å². The maximum absolute atomic E-state index is 13.2. The van der Waals surface area contributed by atoms with Crippen LogP contribution in [0.4, 0.5) is 0 Å². The molecule has 0 radical (unpaired) electrons. The van der Waals surface area contributed by atoms with E-state index < -0.39 is 0 Å². The Bertz CT molecular complexity index is 975. The molecule has 2 aliphatic carbocycles. The monoisotopic (exact) mass is 476 g/mol. The van der Waals surface area contributed by atoms with Crippen LogP contribution >= 0.6 is 0 Å². The fraction of sp³-hybridized carbons (Fsp3) is 0.667. The van der Waals surface area contributed by atoms with E-state index in [0.29, 0.717) is 29.6 Å². The summed E-state index contributed by atoms with van der Waals surface area (Å²) in [7, 11) is 0. The zero-order valence-electron chi connectivity index (χ0n) is 20.3. The van der Waals surface area contributed by atoms with Gasteiger partial charge in [-0.05, 0) is 80.6 Å². The number of pyridine rings is 1. The number of hydrogen-bond donors (Lipinski definition) is 1. The van der Waals surface area contributed by atoms with Crippen molar-refractivity contribution >= 4 is 11.8 Å². The average molecular weight is 477 g/mol. The molecule has 186 valence electrons. The first kappa shape index (κ1) is 22.7. The number of carbonyl (C=O) groups excluding carboxylic acids is 2. The van der Waals surface area contributed by atoms with Crippen LogP contribution in [0.1, 0.15) is 56.4 Å². The maximum atomic E-state index is 13.2. The molecule has 2 amide bonds. The summed E-state index contributed by atoms with van der Waals surface area (Å²) in [4.78, 5) is 34.3. The van der Waals surface area contributed by atoms with Gasteiger partial charge in [-0.3, -0.25) is 20.0 Å². The summed E-state index contributed by atoms with van der Waals surface area (Å²) in [5.74, 6) is 2.48. The molecule has 0 aromatic carbocycles. The van der Waals surface area contributed by atoms with Crippen molar-refractivity contribution in [1.82, 2.24) is 20.2 Å². The molecule has 5 aliphatic rings. The van der Waals surface area contributed by atoms with Crippen molar-refractivity contribution in [2.24, 2.45) is 34.0 Å². The lowest BCUT2D eigenvalue weighted by Crippen LogP contribution is -2.44. The molecule has 6 rings (SSSR count). The van der Waals surface area contributed by atoms with Crippen molar-refractivity contribution in [3.8, 4) is 0 Å². The van der Waals surface area contributed by atoms with Gasteiger partial charge >= 0.3 is 0 Å². The fourth-order valence-electron chi connectivity index (χ4n) is 7.05. The van der Waals surface area contributed by atoms with Gasteiger partial charge in [-0.25, -0.2) is 0 Å². The standard InChI is InChI=1S/C27H36N6O2/c34-26(8-3-18-1-4-19(5-2-18)20-9-11-28-12-10-20)32-14-22-16-33(17-23(22)15-32)27(35)21-6-7-24-25(13-21)30-31-29-24/h3,8-12,18-19,21-25H,1-2,4-7,13-17H2,(H,29,30). The minimum atomic E-state index is 0.0837. The van der Waals surface area contributed by atoms with Crippen LogP contribution in [0.15, 0.2) is 47.0 Å². The van der Waals surface area contributed by atoms with E-state index in [0.717, 1.165) is 58.3 Å². The molecule has 4 fully saturated rings. The van der Waals surface area contributed by atoms with Gasteiger partial charge in [0.05, 0.1) is 12.1 Å². The predicted octanol–water partition coefficient (Wildman–Crippen LogP) is 3.34. The molecule has 5 unspecified atom stereocenters. The van der Waals surface area contributed by atoms with Crippen LogP contribution in [-0.4, -0.2) is 64.9 Å². The van der Waals surface area contributed by atoms with Gasteiger partial charge in [0, 0.05) is 56.3 Å². The van der Waals surface area contributed by atoms with E-state index in [4.69, 9.17) is 0 Å². The van der Waals surface area contributed by atoms with E-state index in [1.165, 1.54) is 18.4 Å². The number of nitrogens with zero attached hydrogens (tertiary/aromatic N) is 5. The fourth-order valence-corrected chi connectivity index (χ4v) is 7.05. The highest BCUT2D eigenvalue weighted by atomic mass is 16.2. The lowest BCUT2D eigenvalue weighted by atomic mass is 9.79. The number of likely N-dealkylation sites (tertiary alicyclic amines) is 2. The number of allylic oxidation sites excluding steroid dienone is 1. The molecule has 8 nitrogen and oxygen atoms in total. The summed E-state index contributed by atoms with van der Waals surface area (Å²) >= 11 is 0. The number of fused-ring (bicyclic) bond motifs is 2. The summed E-state index contributed by atoms with van der Waals surface area (Å²) in [5, 5.41) is 8.18. The van der Waals surface area contributed by atoms with Crippen molar-refractivity contribution in [3.05, 3.63) is 42.2 Å². The van der Waals surface area contributed by atoms with Gasteiger partial charge < -0.3 is 9.80 Å². The Balaban J connectivity index is 0.953. The van der Waals surface area contributed by atoms with Crippen LogP contribution in [-0.2, 0) is 9.59 Å². The topological polar surface area (TPSA) is 90.3 Å². The van der Waals surface area contributed by atoms with Crippen LogP contribution in [0.25, 0.3) is 0 Å². The third kappa shape index (κ3) is 4.71. The summed E-state index contributed by atoms with van der Waals surface area (Å²) in [5.41, 5.74) is 4.46. The van der Waals surface area contributed by atoms with E-state index in [-0.39, 0.29) is 23.9 Å². The minimum absolute atomic E-state index is 0.0837. The number of hydrogen-bond acceptors (Lipinski definition) is 6. The molecule has 8 heteroatoms. The zero-order chi connectivity index (χ0) is 23.8. The Labute approximate surface area is 207 Å². The molecule has 0 spiro atoms. The Hall–Kier alpha value is -2.77. The van der Waals surface area contributed by atoms with Crippen LogP contribution in [0.5, 0.6) is 0 Å². The second kappa shape index (κ2) is 9.70. The van der Waals surface area contributed by atoms with Gasteiger partial charge in [0.2, 0.25) is 11.8 Å². The third-order valence-electron chi connectivity index (χ3n) is 9.16. The SMILES string of the molecule is O=C(C=CC1CCC(c2ccncc2)CC1)N1CC2CN(C(=O)C3CCC4N=NNC4C3)CC2C1. The number of aromatic nitrogens is 1. The lowest BCUT2D eigenvalue weighted by Gasteiger charge is -2.31. The summed E-state index contributed by atoms with van der Waals surface area (Å²) in [6.45, 7) is 3.15. The van der Waals surface area contributed by atoms with Crippen molar-refractivity contribution < 1.29 is 9.59 Å². The Morgan fingerprint density at radius 1 is 0.914 bits per heavy atom. The Kier molecular flexibility index (Phi) is 6.29. The molecule has 3 aliphatic heterocycles. The van der Waals surface area contributed by atoms with Crippen LogP contribution in [0.2, 0.25) is 0 Å². The Morgan fingerprint density at radius 2 is 1.63 bits per heavy atom. The zero-order valence-corrected chi connectivity index (χ0v) is 20.3. The summed E-state index contributed by atoms with van der Waals surface area (Å²) in [6, 6.07) is 4.74. The molecule has 35 heavy (non-hydrogen) atoms. The van der Waals surface area contributed by atoms with Crippen molar-refractivity contribution in [2.45, 2.75) is 62.9 Å². The van der Waals surface area contributed by atoms with E-state index >= 15 is 0 Å². The van der Waals surface area contributed by atoms with E-state index in [1.807, 2.05) is 23.4 Å². The van der Waals surface area contributed by atoms with Gasteiger partial charge in [0.1, 0.15) is 0 Å². The van der Waals surface area contributed by atoms with Crippen LogP contribution in [0.3, 0.4) is 0 Å². The van der Waals surface area contributed by atoms with Gasteiger partial charge in [-0.2, -0.15) is 5.11 Å². The quantitative estimate of drug-likeness (QED) is 0.675. The van der Waals surface area contributed by atoms with Gasteiger partial charge in [-0.15, -0.1) is 0 Å². The van der Waals surface area contributed by atoms with Crippen LogP contribution in [0, 0.1) is 23.7 Å². The molecular formula is C27H36N6O2. The predicted molar refractivity (Wildman–Crippen MR) is 131 cm³/mol. The number of nitrogens with one attached hydrogen (secondary N) is 1. The molecule has 5 atom stereocenters. The molecular weight excluding hydrogens is 440 g/mol. The van der Waals surface area contributed by atoms with Crippen molar-refractivity contribution in [2.75, 3.05) is 26.2 Å². The molecule has 0 bridgehead atoms.